The van der Waals surface area contributed by atoms with Crippen molar-refractivity contribution in [2.24, 2.45) is 0 Å². The van der Waals surface area contributed by atoms with Gasteiger partial charge >= 0.3 is 5.97 Å². The number of nitrogens with one attached hydrogen (secondary N) is 1. The number of rotatable bonds is 11. The number of Topliss-reactive ketones (excluding diaryl/α,β-unsaturated/α-hetero) is 4. The van der Waals surface area contributed by atoms with Crippen molar-refractivity contribution in [3.8, 4) is 0 Å². The minimum atomic E-state index is -3.44. The molecule has 0 radical (unpaired) electrons. The van der Waals surface area contributed by atoms with Crippen LogP contribution in [-0.4, -0.2) is 80.3 Å². The Balaban J connectivity index is 6.67. The number of hydrogen-bond acceptors (Lipinski definition) is 10. The van der Waals surface area contributed by atoms with E-state index < -0.39 is 65.0 Å². The second-order valence-corrected chi connectivity index (χ2v) is 6.24. The zero-order chi connectivity index (χ0) is 22.4. The highest BCUT2D eigenvalue weighted by Gasteiger charge is 2.66. The van der Waals surface area contributed by atoms with Crippen molar-refractivity contribution in [1.82, 2.24) is 5.32 Å². The molecule has 0 rings (SSSR count). The summed E-state index contributed by atoms with van der Waals surface area (Å²) in [5, 5.41) is 34.1. The lowest BCUT2D eigenvalue weighted by molar-refractivity contribution is -0.216. The molecule has 0 aromatic rings. The van der Waals surface area contributed by atoms with E-state index in [0.717, 1.165) is 13.8 Å². The van der Waals surface area contributed by atoms with Crippen molar-refractivity contribution in [2.45, 2.75) is 64.4 Å². The van der Waals surface area contributed by atoms with E-state index in [1.165, 1.54) is 6.92 Å². The highest BCUT2D eigenvalue weighted by molar-refractivity contribution is 6.39. The number of aliphatic hydroxyl groups is 3. The summed E-state index contributed by atoms with van der Waals surface area (Å²) >= 11 is 0. The molecule has 0 bridgehead atoms. The molecule has 0 unspecified atom stereocenters. The van der Waals surface area contributed by atoms with Gasteiger partial charge in [-0.15, -0.1) is 0 Å². The largest absolute Gasteiger partial charge is 0.463 e. The molecule has 0 aromatic heterocycles. The molecule has 0 saturated heterocycles. The normalized spacial score (nSPS) is 17.3. The van der Waals surface area contributed by atoms with E-state index >= 15 is 0 Å². The Bertz CT molecular complexity index is 687. The van der Waals surface area contributed by atoms with Crippen LogP contribution >= 0.6 is 0 Å². The molecule has 0 fully saturated rings. The topological polar surface area (TPSA) is 184 Å². The van der Waals surface area contributed by atoms with Crippen LogP contribution in [-0.2, 0) is 33.5 Å². The van der Waals surface area contributed by atoms with Crippen molar-refractivity contribution >= 4 is 35.0 Å². The molecular weight excluding hydrogens is 378 g/mol. The lowest BCUT2D eigenvalue weighted by Gasteiger charge is -2.45. The van der Waals surface area contributed by atoms with Gasteiger partial charge < -0.3 is 25.4 Å². The number of amides is 1. The smallest absolute Gasteiger partial charge is 0.302 e. The first-order chi connectivity index (χ1) is 12.7. The third-order valence-corrected chi connectivity index (χ3v) is 4.23. The van der Waals surface area contributed by atoms with Crippen molar-refractivity contribution < 1.29 is 48.8 Å². The van der Waals surface area contributed by atoms with E-state index in [1.807, 2.05) is 5.32 Å². The van der Waals surface area contributed by atoms with Crippen LogP contribution in [0.15, 0.2) is 0 Å². The summed E-state index contributed by atoms with van der Waals surface area (Å²) in [6, 6.07) is -2.38. The lowest BCUT2D eigenvalue weighted by Crippen LogP contribution is -2.78. The quantitative estimate of drug-likeness (QED) is 0.214. The Hall–Kier alpha value is -2.50. The Morgan fingerprint density at radius 3 is 1.71 bits per heavy atom. The third-order valence-electron chi connectivity index (χ3n) is 4.23. The first-order valence-electron chi connectivity index (χ1n) is 8.30. The minimum Gasteiger partial charge on any atom is -0.463 e. The van der Waals surface area contributed by atoms with Gasteiger partial charge in [0.1, 0.15) is 18.8 Å². The van der Waals surface area contributed by atoms with Gasteiger partial charge in [0.05, 0.1) is 0 Å². The molecule has 28 heavy (non-hydrogen) atoms. The van der Waals surface area contributed by atoms with Gasteiger partial charge in [-0.25, -0.2) is 0 Å². The van der Waals surface area contributed by atoms with E-state index in [2.05, 4.69) is 4.74 Å². The van der Waals surface area contributed by atoms with Gasteiger partial charge in [-0.2, -0.15) is 0 Å². The predicted molar refractivity (Wildman–Crippen MR) is 91.8 cm³/mol. The summed E-state index contributed by atoms with van der Waals surface area (Å²) in [5.41, 5.74) is -6.84. The number of hydrogen-bond donors (Lipinski definition) is 4. The summed E-state index contributed by atoms with van der Waals surface area (Å²) in [4.78, 5) is 71.2. The first kappa shape index (κ1) is 25.5. The molecule has 0 saturated carbocycles. The molecule has 0 aliphatic heterocycles. The zero-order valence-electron chi connectivity index (χ0n) is 16.3. The fourth-order valence-electron chi connectivity index (χ4n) is 2.59. The molecular formula is C17H25NO10. The fraction of sp³-hybridized carbons (Fsp3) is 0.647. The minimum absolute atomic E-state index is 0.232. The molecule has 0 aromatic carbocycles. The predicted octanol–water partition coefficient (Wildman–Crippen LogP) is -2.40. The highest BCUT2D eigenvalue weighted by atomic mass is 16.5. The second-order valence-electron chi connectivity index (χ2n) is 6.24. The first-order valence-corrected chi connectivity index (χ1v) is 8.30. The summed E-state index contributed by atoms with van der Waals surface area (Å²) in [5.74, 6) is -7.26. The average Bonchev–Trinajstić information content (AvgIpc) is 2.60. The summed E-state index contributed by atoms with van der Waals surface area (Å²) in [7, 11) is 0. The van der Waals surface area contributed by atoms with E-state index in [1.54, 1.807) is 0 Å². The second kappa shape index (κ2) is 9.62. The van der Waals surface area contributed by atoms with Crippen molar-refractivity contribution in [1.29, 1.82) is 0 Å². The van der Waals surface area contributed by atoms with Gasteiger partial charge in [-0.1, -0.05) is 6.92 Å². The molecule has 0 heterocycles. The number of ketones is 4. The molecule has 4 N–H and O–H groups in total. The lowest BCUT2D eigenvalue weighted by atomic mass is 9.68. The van der Waals surface area contributed by atoms with Crippen LogP contribution in [0.4, 0.5) is 0 Å². The number of esters is 1. The molecule has 0 aliphatic rings. The molecule has 0 aliphatic carbocycles. The van der Waals surface area contributed by atoms with Crippen LogP contribution in [0.2, 0.25) is 0 Å². The van der Waals surface area contributed by atoms with Crippen LogP contribution in [0.25, 0.3) is 0 Å². The van der Waals surface area contributed by atoms with Gasteiger partial charge in [0.25, 0.3) is 0 Å². The average molecular weight is 403 g/mol. The van der Waals surface area contributed by atoms with Gasteiger partial charge in [0.2, 0.25) is 11.7 Å². The van der Waals surface area contributed by atoms with Crippen molar-refractivity contribution in [3.63, 3.8) is 0 Å². The van der Waals surface area contributed by atoms with Crippen LogP contribution in [0.5, 0.6) is 0 Å². The number of ether oxygens (including phenoxy) is 1. The van der Waals surface area contributed by atoms with Gasteiger partial charge in [-0.05, 0) is 13.8 Å². The van der Waals surface area contributed by atoms with E-state index in [9.17, 15) is 44.1 Å². The number of aliphatic hydroxyl groups excluding tert-OH is 1. The van der Waals surface area contributed by atoms with Gasteiger partial charge in [-0.3, -0.25) is 28.8 Å². The Morgan fingerprint density at radius 1 is 0.929 bits per heavy atom. The molecule has 0 spiro atoms. The SMILES string of the molecule is CCC(=O)N[C@H](C(=O)C(C)=O)[C@](O)(C(C)=O)[C@@](O)(C(C)=O)[C@H](O)COC(C)=O. The van der Waals surface area contributed by atoms with Crippen LogP contribution in [0, 0.1) is 0 Å². The van der Waals surface area contributed by atoms with Crippen LogP contribution in [0.3, 0.4) is 0 Å². The van der Waals surface area contributed by atoms with Gasteiger partial charge in [0, 0.05) is 20.3 Å². The summed E-state index contributed by atoms with van der Waals surface area (Å²) < 4.78 is 4.50. The van der Waals surface area contributed by atoms with Crippen molar-refractivity contribution in [2.75, 3.05) is 6.61 Å². The molecule has 158 valence electrons. The van der Waals surface area contributed by atoms with E-state index in [-0.39, 0.29) is 6.42 Å². The number of carbonyl (C=O) groups excluding carboxylic acids is 6. The standard InChI is InChI=1S/C17H25NO10/c1-6-13(24)18-15(14(25)8(2)19)17(27,10(4)21)16(26,9(3)20)12(23)7-28-11(5)22/h12,15,23,26-27H,6-7H2,1-5H3,(H,18,24)/t12-,15-,16-,17-/m1/s1. The Labute approximate surface area is 161 Å². The number of carbonyl (C=O) groups is 6. The molecule has 4 atom stereocenters. The van der Waals surface area contributed by atoms with E-state index in [0.29, 0.717) is 13.8 Å². The Kier molecular flexibility index (Phi) is 8.76. The molecule has 1 amide bonds. The monoisotopic (exact) mass is 403 g/mol. The van der Waals surface area contributed by atoms with Crippen molar-refractivity contribution in [3.05, 3.63) is 0 Å². The van der Waals surface area contributed by atoms with Gasteiger partial charge in [0.15, 0.2) is 28.6 Å². The van der Waals surface area contributed by atoms with Crippen LogP contribution in [0.1, 0.15) is 41.0 Å². The maximum atomic E-state index is 12.3. The van der Waals surface area contributed by atoms with Crippen LogP contribution < -0.4 is 5.32 Å². The molecule has 11 nitrogen and oxygen atoms in total. The maximum Gasteiger partial charge on any atom is 0.302 e. The zero-order valence-corrected chi connectivity index (χ0v) is 16.3. The fourth-order valence-corrected chi connectivity index (χ4v) is 2.59. The summed E-state index contributed by atoms with van der Waals surface area (Å²) in [6.45, 7) is 3.47. The maximum absolute atomic E-state index is 12.3. The highest BCUT2D eigenvalue weighted by Crippen LogP contribution is 2.33. The summed E-state index contributed by atoms with van der Waals surface area (Å²) in [6.07, 6.45) is -2.60. The Morgan fingerprint density at radius 2 is 1.39 bits per heavy atom. The third kappa shape index (κ3) is 4.86. The molecule has 11 heteroatoms. The van der Waals surface area contributed by atoms with E-state index in [4.69, 9.17) is 0 Å².